The monoisotopic (exact) mass is 469 g/mol. The highest BCUT2D eigenvalue weighted by atomic mass is 32.2. The molecule has 0 bridgehead atoms. The first-order valence-electron chi connectivity index (χ1n) is 6.75. The van der Waals surface area contributed by atoms with Crippen LogP contribution in [0, 0.1) is 0 Å². The van der Waals surface area contributed by atoms with Gasteiger partial charge in [0.1, 0.15) is 0 Å². The molecule has 0 aliphatic carbocycles. The van der Waals surface area contributed by atoms with E-state index in [1.807, 2.05) is 14.1 Å². The fraction of sp³-hybridized carbons (Fsp3) is 1.00. The largest absolute Gasteiger partial charge is 0.360 e. The highest BCUT2D eigenvalue weighted by Crippen LogP contribution is 2.45. The minimum absolute atomic E-state index is 1.88. The van der Waals surface area contributed by atoms with Crippen molar-refractivity contribution in [1.29, 1.82) is 0 Å². The molecule has 6 unspecified atom stereocenters. The first kappa shape index (κ1) is 29.2. The quantitative estimate of drug-likeness (QED) is 0.402. The average molecular weight is 469 g/mol. The molecule has 0 spiro atoms. The lowest BCUT2D eigenvalue weighted by Gasteiger charge is -2.32. The van der Waals surface area contributed by atoms with Crippen LogP contribution in [0.4, 0.5) is 52.7 Å². The Labute approximate surface area is 151 Å². The van der Waals surface area contributed by atoms with Crippen LogP contribution >= 0.6 is 0 Å². The second kappa shape index (κ2) is 10.7. The zero-order chi connectivity index (χ0) is 23.2. The van der Waals surface area contributed by atoms with Crippen molar-refractivity contribution in [3.05, 3.63) is 0 Å². The molecule has 0 radical (unpaired) electrons. The van der Waals surface area contributed by atoms with Crippen LogP contribution in [0.1, 0.15) is 0 Å². The third-order valence-corrected chi connectivity index (χ3v) is 3.59. The maximum atomic E-state index is 13.1. The van der Waals surface area contributed by atoms with Crippen LogP contribution in [-0.4, -0.2) is 81.7 Å². The molecule has 172 valence electrons. The standard InChI is InChI=1S/C9H8F12O3S.C2H7N/c10-1(2(11)4(13)6(15)16)3(12)5(14)8(18,19)9(20,21)7(17)25(22,23)24;1-3-2/h1-7H,(H,22,23,24);3H,1-2H3. The molecule has 0 aromatic rings. The molecule has 2 N–H and O–H groups in total. The predicted molar refractivity (Wildman–Crippen MR) is 71.8 cm³/mol. The van der Waals surface area contributed by atoms with Gasteiger partial charge in [0.2, 0.25) is 6.17 Å². The van der Waals surface area contributed by atoms with Crippen LogP contribution < -0.4 is 5.32 Å². The van der Waals surface area contributed by atoms with Crippen LogP contribution in [0.3, 0.4) is 0 Å². The number of halogens is 12. The van der Waals surface area contributed by atoms with Crippen LogP contribution in [0.25, 0.3) is 0 Å². The van der Waals surface area contributed by atoms with E-state index in [4.69, 9.17) is 4.55 Å². The Morgan fingerprint density at radius 1 is 0.714 bits per heavy atom. The number of hydrogen-bond donors (Lipinski definition) is 2. The van der Waals surface area contributed by atoms with E-state index in [-0.39, 0.29) is 0 Å². The van der Waals surface area contributed by atoms with Crippen molar-refractivity contribution in [3.8, 4) is 0 Å². The van der Waals surface area contributed by atoms with Gasteiger partial charge in [0.05, 0.1) is 0 Å². The number of alkyl halides is 12. The van der Waals surface area contributed by atoms with E-state index in [9.17, 15) is 61.1 Å². The summed E-state index contributed by atoms with van der Waals surface area (Å²) in [6.45, 7) is 0. The Bertz CT molecular complexity index is 563. The second-order valence-electron chi connectivity index (χ2n) is 5.09. The maximum absolute atomic E-state index is 13.1. The summed E-state index contributed by atoms with van der Waals surface area (Å²) in [4.78, 5) is 0. The molecule has 0 amide bonds. The van der Waals surface area contributed by atoms with Crippen LogP contribution in [0.15, 0.2) is 0 Å². The van der Waals surface area contributed by atoms with E-state index >= 15 is 0 Å². The highest BCUT2D eigenvalue weighted by molar-refractivity contribution is 7.86. The van der Waals surface area contributed by atoms with Crippen molar-refractivity contribution in [3.63, 3.8) is 0 Å². The van der Waals surface area contributed by atoms with Gasteiger partial charge in [0.25, 0.3) is 11.9 Å². The zero-order valence-electron chi connectivity index (χ0n) is 13.7. The summed E-state index contributed by atoms with van der Waals surface area (Å²) in [5.74, 6) is -13.4. The van der Waals surface area contributed by atoms with Crippen LogP contribution in [0.2, 0.25) is 0 Å². The van der Waals surface area contributed by atoms with Crippen molar-refractivity contribution in [1.82, 2.24) is 5.32 Å². The van der Waals surface area contributed by atoms with Crippen molar-refractivity contribution < 1.29 is 65.7 Å². The van der Waals surface area contributed by atoms with E-state index in [0.29, 0.717) is 0 Å². The summed E-state index contributed by atoms with van der Waals surface area (Å²) in [7, 11) is -2.83. The summed E-state index contributed by atoms with van der Waals surface area (Å²) in [6, 6.07) is 0. The molecule has 0 aliphatic rings. The molecular weight excluding hydrogens is 454 g/mol. The van der Waals surface area contributed by atoms with Crippen molar-refractivity contribution in [2.24, 2.45) is 0 Å². The molecule has 0 rings (SSSR count). The molecule has 4 nitrogen and oxygen atoms in total. The summed E-state index contributed by atoms with van der Waals surface area (Å²) >= 11 is 0. The van der Waals surface area contributed by atoms with E-state index in [1.165, 1.54) is 0 Å². The van der Waals surface area contributed by atoms with E-state index in [2.05, 4.69) is 5.32 Å². The Morgan fingerprint density at radius 2 is 1.04 bits per heavy atom. The van der Waals surface area contributed by atoms with Gasteiger partial charge in [-0.25, -0.2) is 35.1 Å². The molecule has 17 heteroatoms. The predicted octanol–water partition coefficient (Wildman–Crippen LogP) is 3.23. The first-order chi connectivity index (χ1) is 12.3. The summed E-state index contributed by atoms with van der Waals surface area (Å²) < 4.78 is 181. The normalized spacial score (nSPS) is 19.9. The number of nitrogens with one attached hydrogen (secondary N) is 1. The third kappa shape index (κ3) is 6.82. The third-order valence-electron chi connectivity index (χ3n) is 2.77. The minimum Gasteiger partial charge on any atom is -0.323 e. The van der Waals surface area contributed by atoms with Gasteiger partial charge in [-0.05, 0) is 14.1 Å². The molecular formula is C11H15F12NO3S. The Balaban J connectivity index is 0. The summed E-state index contributed by atoms with van der Waals surface area (Å²) in [5.41, 5.74) is -5.20. The van der Waals surface area contributed by atoms with Gasteiger partial charge in [0.15, 0.2) is 24.7 Å². The SMILES string of the molecule is CNC.O=S(=O)(O)C(F)C(F)(F)C(F)(F)C(F)C(F)C(F)C(F)C(F)C(F)F. The Kier molecular flexibility index (Phi) is 11.2. The molecule has 6 atom stereocenters. The zero-order valence-corrected chi connectivity index (χ0v) is 14.6. The molecule has 0 aromatic carbocycles. The van der Waals surface area contributed by atoms with E-state index < -0.39 is 64.8 Å². The van der Waals surface area contributed by atoms with Gasteiger partial charge < -0.3 is 5.32 Å². The summed E-state index contributed by atoms with van der Waals surface area (Å²) in [5, 5.41) is 2.75. The van der Waals surface area contributed by atoms with Gasteiger partial charge >= 0.3 is 22.0 Å². The fourth-order valence-corrected chi connectivity index (χ4v) is 1.91. The molecule has 28 heavy (non-hydrogen) atoms. The van der Waals surface area contributed by atoms with Crippen molar-refractivity contribution >= 4 is 10.1 Å². The van der Waals surface area contributed by atoms with E-state index in [0.717, 1.165) is 0 Å². The number of hydrogen-bond acceptors (Lipinski definition) is 3. The minimum atomic E-state index is -6.71. The van der Waals surface area contributed by atoms with Gasteiger partial charge in [-0.2, -0.15) is 26.0 Å². The smallest absolute Gasteiger partial charge is 0.323 e. The van der Waals surface area contributed by atoms with Gasteiger partial charge in [-0.3, -0.25) is 4.55 Å². The Morgan fingerprint density at radius 3 is 1.32 bits per heavy atom. The van der Waals surface area contributed by atoms with Gasteiger partial charge in [-0.15, -0.1) is 0 Å². The van der Waals surface area contributed by atoms with Crippen LogP contribution in [0.5, 0.6) is 0 Å². The van der Waals surface area contributed by atoms with Gasteiger partial charge in [0, 0.05) is 0 Å². The first-order valence-corrected chi connectivity index (χ1v) is 8.25. The lowest BCUT2D eigenvalue weighted by molar-refractivity contribution is -0.264. The molecule has 0 aromatic heterocycles. The molecule has 0 fully saturated rings. The van der Waals surface area contributed by atoms with Crippen LogP contribution in [-0.2, 0) is 10.1 Å². The average Bonchev–Trinajstić information content (AvgIpc) is 2.57. The highest BCUT2D eigenvalue weighted by Gasteiger charge is 2.72. The molecule has 0 heterocycles. The lowest BCUT2D eigenvalue weighted by atomic mass is 9.97. The maximum Gasteiger partial charge on any atom is 0.360 e. The molecule has 0 aliphatic heterocycles. The van der Waals surface area contributed by atoms with E-state index in [1.54, 1.807) is 0 Å². The number of rotatable bonds is 9. The van der Waals surface area contributed by atoms with Crippen molar-refractivity contribution in [2.75, 3.05) is 14.1 Å². The lowest BCUT2D eigenvalue weighted by Crippen LogP contribution is -2.59. The van der Waals surface area contributed by atoms with Crippen molar-refractivity contribution in [2.45, 2.75) is 54.6 Å². The van der Waals surface area contributed by atoms with Gasteiger partial charge in [-0.1, -0.05) is 0 Å². The molecule has 0 saturated heterocycles. The fourth-order valence-electron chi connectivity index (χ4n) is 1.37. The topological polar surface area (TPSA) is 66.4 Å². The summed E-state index contributed by atoms with van der Waals surface area (Å²) in [6.07, 6.45) is -27.1. The second-order valence-corrected chi connectivity index (χ2v) is 6.53. The Hall–Kier alpha value is -0.970. The molecule has 0 saturated carbocycles.